The molecule has 104 valence electrons. The van der Waals surface area contributed by atoms with Crippen LogP contribution in [0.15, 0.2) is 28.7 Å². The lowest BCUT2D eigenvalue weighted by Crippen LogP contribution is -2.11. The fraction of sp³-hybridized carbons (Fsp3) is 0.200. The predicted octanol–water partition coefficient (Wildman–Crippen LogP) is 5.47. The zero-order chi connectivity index (χ0) is 14.4. The quantitative estimate of drug-likeness (QED) is 0.678. The summed E-state index contributed by atoms with van der Waals surface area (Å²) >= 11 is 13.5. The van der Waals surface area contributed by atoms with E-state index in [0.29, 0.717) is 8.67 Å². The second-order valence-electron chi connectivity index (χ2n) is 4.85. The van der Waals surface area contributed by atoms with Crippen molar-refractivity contribution in [1.82, 2.24) is 0 Å². The highest BCUT2D eigenvalue weighted by atomic mass is 35.5. The topological polar surface area (TPSA) is 39.2 Å². The Kier molecular flexibility index (Phi) is 3.55. The number of hydrogen-bond acceptors (Lipinski definition) is 3. The van der Waals surface area contributed by atoms with Crippen LogP contribution in [0.3, 0.4) is 0 Å². The summed E-state index contributed by atoms with van der Waals surface area (Å²) in [6.07, 6.45) is 0. The van der Waals surface area contributed by atoms with Gasteiger partial charge in [-0.25, -0.2) is 0 Å². The number of thiophene rings is 1. The summed E-state index contributed by atoms with van der Waals surface area (Å²) in [6.45, 7) is 4.05. The van der Waals surface area contributed by atoms with Crippen molar-refractivity contribution < 1.29 is 4.42 Å². The van der Waals surface area contributed by atoms with Crippen molar-refractivity contribution in [2.45, 2.75) is 19.9 Å². The second kappa shape index (κ2) is 5.08. The highest BCUT2D eigenvalue weighted by Gasteiger charge is 2.22. The third-order valence-corrected chi connectivity index (χ3v) is 4.95. The maximum Gasteiger partial charge on any atom is 0.134 e. The summed E-state index contributed by atoms with van der Waals surface area (Å²) in [5, 5.41) is 1.08. The first-order chi connectivity index (χ1) is 9.47. The highest BCUT2D eigenvalue weighted by Crippen LogP contribution is 2.39. The van der Waals surface area contributed by atoms with E-state index in [2.05, 4.69) is 12.1 Å². The molecule has 0 bridgehead atoms. The normalized spacial score (nSPS) is 13.1. The van der Waals surface area contributed by atoms with Crippen LogP contribution in [0, 0.1) is 13.8 Å². The number of furan rings is 1. The molecule has 2 heterocycles. The Hall–Kier alpha value is -1.00. The molecule has 0 saturated heterocycles. The SMILES string of the molecule is Cc1ccc2c(C)c(C(N)c3cc(Cl)sc3Cl)oc2c1. The predicted molar refractivity (Wildman–Crippen MR) is 86.1 cm³/mol. The number of halogens is 2. The van der Waals surface area contributed by atoms with Gasteiger partial charge in [0, 0.05) is 16.5 Å². The summed E-state index contributed by atoms with van der Waals surface area (Å²) < 4.78 is 7.18. The van der Waals surface area contributed by atoms with Crippen molar-refractivity contribution in [2.75, 3.05) is 0 Å². The molecule has 0 saturated carbocycles. The molecule has 0 spiro atoms. The van der Waals surface area contributed by atoms with Crippen LogP contribution in [0.4, 0.5) is 0 Å². The van der Waals surface area contributed by atoms with E-state index < -0.39 is 6.04 Å². The number of aryl methyl sites for hydroxylation is 2. The van der Waals surface area contributed by atoms with Crippen molar-refractivity contribution in [3.8, 4) is 0 Å². The van der Waals surface area contributed by atoms with Gasteiger partial charge in [-0.3, -0.25) is 0 Å². The van der Waals surface area contributed by atoms with Crippen molar-refractivity contribution >= 4 is 45.5 Å². The van der Waals surface area contributed by atoms with Gasteiger partial charge in [0.05, 0.1) is 14.7 Å². The number of nitrogens with two attached hydrogens (primary N) is 1. The minimum absolute atomic E-state index is 0.404. The Labute approximate surface area is 131 Å². The van der Waals surface area contributed by atoms with Crippen molar-refractivity contribution in [1.29, 1.82) is 0 Å². The van der Waals surface area contributed by atoms with E-state index in [1.807, 2.05) is 19.9 Å². The van der Waals surface area contributed by atoms with E-state index in [0.717, 1.165) is 33.4 Å². The molecule has 1 aromatic carbocycles. The summed E-state index contributed by atoms with van der Waals surface area (Å²) in [4.78, 5) is 0. The molecule has 1 atom stereocenters. The molecule has 2 aromatic heterocycles. The first kappa shape index (κ1) is 14.0. The number of benzene rings is 1. The molecule has 0 radical (unpaired) electrons. The van der Waals surface area contributed by atoms with Gasteiger partial charge in [0.15, 0.2) is 0 Å². The van der Waals surface area contributed by atoms with Gasteiger partial charge in [-0.15, -0.1) is 11.3 Å². The van der Waals surface area contributed by atoms with Crippen LogP contribution in [-0.2, 0) is 0 Å². The smallest absolute Gasteiger partial charge is 0.134 e. The lowest BCUT2D eigenvalue weighted by Gasteiger charge is -2.08. The minimum atomic E-state index is -0.404. The van der Waals surface area contributed by atoms with Crippen molar-refractivity contribution in [2.24, 2.45) is 5.73 Å². The summed E-state index contributed by atoms with van der Waals surface area (Å²) in [7, 11) is 0. The molecule has 1 unspecified atom stereocenters. The van der Waals surface area contributed by atoms with Gasteiger partial charge >= 0.3 is 0 Å². The molecular formula is C15H13Cl2NOS. The molecule has 3 rings (SSSR count). The monoisotopic (exact) mass is 325 g/mol. The maximum atomic E-state index is 6.30. The van der Waals surface area contributed by atoms with E-state index in [1.54, 1.807) is 6.07 Å². The van der Waals surface area contributed by atoms with E-state index in [4.69, 9.17) is 33.4 Å². The van der Waals surface area contributed by atoms with E-state index in [1.165, 1.54) is 11.3 Å². The van der Waals surface area contributed by atoms with Gasteiger partial charge in [0.1, 0.15) is 11.3 Å². The fourth-order valence-corrected chi connectivity index (χ4v) is 3.90. The molecule has 20 heavy (non-hydrogen) atoms. The van der Waals surface area contributed by atoms with E-state index in [9.17, 15) is 0 Å². The van der Waals surface area contributed by atoms with Crippen LogP contribution in [-0.4, -0.2) is 0 Å². The van der Waals surface area contributed by atoms with E-state index >= 15 is 0 Å². The lowest BCUT2D eigenvalue weighted by atomic mass is 10.0. The standard InChI is InChI=1S/C15H13Cl2NOS/c1-7-3-4-9-8(2)14(19-11(9)5-7)13(18)10-6-12(16)20-15(10)17/h3-6,13H,18H2,1-2H3. The van der Waals surface area contributed by atoms with Crippen LogP contribution >= 0.6 is 34.5 Å². The average Bonchev–Trinajstić information content (AvgIpc) is 2.89. The molecule has 0 aliphatic heterocycles. The van der Waals surface area contributed by atoms with Gasteiger partial charge in [0.2, 0.25) is 0 Å². The largest absolute Gasteiger partial charge is 0.459 e. The van der Waals surface area contributed by atoms with Crippen LogP contribution in [0.25, 0.3) is 11.0 Å². The molecular weight excluding hydrogens is 313 g/mol. The van der Waals surface area contributed by atoms with Gasteiger partial charge < -0.3 is 10.2 Å². The van der Waals surface area contributed by atoms with Crippen LogP contribution in [0.2, 0.25) is 8.67 Å². The zero-order valence-electron chi connectivity index (χ0n) is 11.0. The number of hydrogen-bond donors (Lipinski definition) is 1. The minimum Gasteiger partial charge on any atom is -0.459 e. The number of rotatable bonds is 2. The fourth-order valence-electron chi connectivity index (χ4n) is 2.35. The van der Waals surface area contributed by atoms with Crippen LogP contribution in [0.5, 0.6) is 0 Å². The molecule has 0 aliphatic carbocycles. The van der Waals surface area contributed by atoms with Crippen LogP contribution in [0.1, 0.15) is 28.5 Å². The summed E-state index contributed by atoms with van der Waals surface area (Å²) in [5.41, 5.74) is 10.2. The lowest BCUT2D eigenvalue weighted by molar-refractivity contribution is 0.521. The average molecular weight is 326 g/mol. The van der Waals surface area contributed by atoms with Gasteiger partial charge in [-0.2, -0.15) is 0 Å². The maximum absolute atomic E-state index is 6.30. The summed E-state index contributed by atoms with van der Waals surface area (Å²) in [5.74, 6) is 0.738. The zero-order valence-corrected chi connectivity index (χ0v) is 13.4. The Morgan fingerprint density at radius 2 is 1.95 bits per heavy atom. The second-order valence-corrected chi connectivity index (χ2v) is 7.13. The third kappa shape index (κ3) is 2.25. The Morgan fingerprint density at radius 1 is 1.20 bits per heavy atom. The molecule has 2 N–H and O–H groups in total. The first-order valence-electron chi connectivity index (χ1n) is 6.17. The Balaban J connectivity index is 2.14. The Morgan fingerprint density at radius 3 is 2.60 bits per heavy atom. The van der Waals surface area contributed by atoms with Gasteiger partial charge in [0.25, 0.3) is 0 Å². The molecule has 0 fully saturated rings. The molecule has 0 amide bonds. The Bertz CT molecular complexity index is 791. The van der Waals surface area contributed by atoms with Crippen molar-refractivity contribution in [3.63, 3.8) is 0 Å². The van der Waals surface area contributed by atoms with Gasteiger partial charge in [-0.05, 0) is 31.5 Å². The van der Waals surface area contributed by atoms with Crippen molar-refractivity contribution in [3.05, 3.63) is 55.4 Å². The van der Waals surface area contributed by atoms with Crippen LogP contribution < -0.4 is 5.73 Å². The van der Waals surface area contributed by atoms with Gasteiger partial charge in [-0.1, -0.05) is 35.3 Å². The highest BCUT2D eigenvalue weighted by molar-refractivity contribution is 7.20. The molecule has 3 aromatic rings. The number of fused-ring (bicyclic) bond motifs is 1. The molecule has 5 heteroatoms. The third-order valence-electron chi connectivity index (χ3n) is 3.43. The first-order valence-corrected chi connectivity index (χ1v) is 7.74. The summed E-state index contributed by atoms with van der Waals surface area (Å²) in [6, 6.07) is 7.54. The molecule has 2 nitrogen and oxygen atoms in total. The molecule has 0 aliphatic rings. The van der Waals surface area contributed by atoms with E-state index in [-0.39, 0.29) is 0 Å².